The maximum absolute atomic E-state index is 12.6. The molecule has 150 valence electrons. The van der Waals surface area contributed by atoms with E-state index in [0.29, 0.717) is 16.8 Å². The number of nitrogens with zero attached hydrogens (tertiary/aromatic N) is 1. The van der Waals surface area contributed by atoms with Crippen molar-refractivity contribution in [1.29, 1.82) is 0 Å². The Balaban J connectivity index is 3.31. The van der Waals surface area contributed by atoms with Crippen molar-refractivity contribution < 1.29 is 28.6 Å². The van der Waals surface area contributed by atoms with E-state index in [0.717, 1.165) is 4.90 Å². The zero-order valence-electron chi connectivity index (χ0n) is 17.6. The summed E-state index contributed by atoms with van der Waals surface area (Å²) < 4.78 is 15.8. The number of ether oxygens (including phenoxy) is 3. The fraction of sp³-hybridized carbons (Fsp3) is 0.550. The summed E-state index contributed by atoms with van der Waals surface area (Å²) >= 11 is 0. The lowest BCUT2D eigenvalue weighted by Gasteiger charge is -2.28. The summed E-state index contributed by atoms with van der Waals surface area (Å²) in [6, 6.07) is 3.24. The number of carbonyl (C=O) groups is 3. The van der Waals surface area contributed by atoms with Gasteiger partial charge in [-0.15, -0.1) is 0 Å². The minimum Gasteiger partial charge on any atom is -0.443 e. The quantitative estimate of drug-likeness (QED) is 0.537. The second-order valence-corrected chi connectivity index (χ2v) is 8.26. The third kappa shape index (κ3) is 6.58. The molecule has 2 amide bonds. The van der Waals surface area contributed by atoms with Crippen LogP contribution >= 0.6 is 0 Å². The van der Waals surface area contributed by atoms with Gasteiger partial charge in [0.1, 0.15) is 17.0 Å². The van der Waals surface area contributed by atoms with Crippen LogP contribution < -0.4 is 9.64 Å². The van der Waals surface area contributed by atoms with Crippen molar-refractivity contribution in [1.82, 2.24) is 0 Å². The van der Waals surface area contributed by atoms with E-state index < -0.39 is 29.4 Å². The van der Waals surface area contributed by atoms with Crippen LogP contribution in [0.25, 0.3) is 0 Å². The van der Waals surface area contributed by atoms with Gasteiger partial charge in [-0.1, -0.05) is 6.07 Å². The van der Waals surface area contributed by atoms with Gasteiger partial charge in [0.15, 0.2) is 0 Å². The molecule has 27 heavy (non-hydrogen) atoms. The monoisotopic (exact) mass is 379 g/mol. The van der Waals surface area contributed by atoms with E-state index in [1.165, 1.54) is 6.92 Å². The van der Waals surface area contributed by atoms with E-state index in [2.05, 4.69) is 0 Å². The molecule has 1 rings (SSSR count). The number of rotatable bonds is 2. The van der Waals surface area contributed by atoms with Crippen molar-refractivity contribution >= 4 is 23.8 Å². The maximum Gasteiger partial charge on any atom is 0.514 e. The molecule has 0 radical (unpaired) electrons. The summed E-state index contributed by atoms with van der Waals surface area (Å²) in [4.78, 5) is 37.7. The number of hydrogen-bond acceptors (Lipinski definition) is 6. The van der Waals surface area contributed by atoms with Crippen molar-refractivity contribution in [2.24, 2.45) is 0 Å². The van der Waals surface area contributed by atoms with Crippen molar-refractivity contribution in [3.05, 3.63) is 23.3 Å². The van der Waals surface area contributed by atoms with E-state index in [1.54, 1.807) is 67.5 Å². The fourth-order valence-electron chi connectivity index (χ4n) is 2.32. The highest BCUT2D eigenvalue weighted by molar-refractivity contribution is 6.12. The molecule has 0 aliphatic rings. The first kappa shape index (κ1) is 22.5. The van der Waals surface area contributed by atoms with Crippen LogP contribution in [-0.4, -0.2) is 29.4 Å². The first-order chi connectivity index (χ1) is 12.1. The van der Waals surface area contributed by atoms with Crippen LogP contribution in [0.3, 0.4) is 0 Å². The summed E-state index contributed by atoms with van der Waals surface area (Å²) in [7, 11) is 0. The highest BCUT2D eigenvalue weighted by atomic mass is 16.7. The Morgan fingerprint density at radius 1 is 0.889 bits per heavy atom. The van der Waals surface area contributed by atoms with Crippen molar-refractivity contribution in [2.75, 3.05) is 4.90 Å². The average molecular weight is 379 g/mol. The van der Waals surface area contributed by atoms with Gasteiger partial charge in [-0.25, -0.2) is 14.5 Å². The summed E-state index contributed by atoms with van der Waals surface area (Å²) in [5.41, 5.74) is -0.0534. The molecule has 0 heterocycles. The van der Waals surface area contributed by atoms with Crippen LogP contribution in [0.2, 0.25) is 0 Å². The number of benzene rings is 1. The van der Waals surface area contributed by atoms with Crippen LogP contribution in [0.5, 0.6) is 5.75 Å². The zero-order chi connectivity index (χ0) is 21.2. The van der Waals surface area contributed by atoms with Crippen LogP contribution in [0.4, 0.5) is 15.3 Å². The maximum atomic E-state index is 12.6. The highest BCUT2D eigenvalue weighted by Gasteiger charge is 2.30. The summed E-state index contributed by atoms with van der Waals surface area (Å²) in [6.45, 7) is 15.0. The first-order valence-electron chi connectivity index (χ1n) is 8.67. The smallest absolute Gasteiger partial charge is 0.443 e. The largest absolute Gasteiger partial charge is 0.514 e. The normalized spacial score (nSPS) is 11.6. The van der Waals surface area contributed by atoms with Gasteiger partial charge in [-0.05, 0) is 67.0 Å². The lowest BCUT2D eigenvalue weighted by Crippen LogP contribution is -2.40. The Bertz CT molecular complexity index is 740. The van der Waals surface area contributed by atoms with E-state index in [4.69, 9.17) is 14.2 Å². The van der Waals surface area contributed by atoms with Gasteiger partial charge in [0.2, 0.25) is 5.91 Å². The van der Waals surface area contributed by atoms with E-state index in [1.807, 2.05) is 0 Å². The van der Waals surface area contributed by atoms with Crippen molar-refractivity contribution in [2.45, 2.75) is 73.5 Å². The molecule has 0 fully saturated rings. The second-order valence-electron chi connectivity index (χ2n) is 8.26. The van der Waals surface area contributed by atoms with Gasteiger partial charge in [-0.3, -0.25) is 4.79 Å². The third-order valence-corrected chi connectivity index (χ3v) is 3.28. The molecule has 0 aromatic heterocycles. The number of imide groups is 1. The van der Waals surface area contributed by atoms with E-state index in [-0.39, 0.29) is 5.75 Å². The van der Waals surface area contributed by atoms with Crippen molar-refractivity contribution in [3.8, 4) is 5.75 Å². The van der Waals surface area contributed by atoms with Crippen molar-refractivity contribution in [3.63, 3.8) is 0 Å². The molecule has 0 saturated carbocycles. The predicted octanol–water partition coefficient (Wildman–Crippen LogP) is 4.91. The third-order valence-electron chi connectivity index (χ3n) is 3.28. The number of amides is 2. The van der Waals surface area contributed by atoms with Crippen LogP contribution in [-0.2, 0) is 14.3 Å². The van der Waals surface area contributed by atoms with Gasteiger partial charge < -0.3 is 14.2 Å². The molecule has 0 N–H and O–H groups in total. The topological polar surface area (TPSA) is 82.1 Å². The SMILES string of the molecule is CC(=O)N(C(=O)OC(C)(C)C)c1c(C)ccc(OC(=O)OC(C)(C)C)c1C. The van der Waals surface area contributed by atoms with Crippen LogP contribution in [0.1, 0.15) is 59.6 Å². The lowest BCUT2D eigenvalue weighted by molar-refractivity contribution is -0.116. The molecule has 1 aromatic rings. The summed E-state index contributed by atoms with van der Waals surface area (Å²) in [6.07, 6.45) is -1.66. The predicted molar refractivity (Wildman–Crippen MR) is 102 cm³/mol. The highest BCUT2D eigenvalue weighted by Crippen LogP contribution is 2.33. The standard InChI is InChI=1S/C20H29NO6/c1-12-10-11-15(25-18(24)27-20(7,8)9)13(2)16(12)21(14(3)22)17(23)26-19(4,5)6/h10-11H,1-9H3. The minimum atomic E-state index is -0.868. The Morgan fingerprint density at radius 3 is 1.85 bits per heavy atom. The Kier molecular flexibility index (Phi) is 6.64. The number of anilines is 1. The van der Waals surface area contributed by atoms with E-state index in [9.17, 15) is 14.4 Å². The molecule has 0 unspecified atom stereocenters. The van der Waals surface area contributed by atoms with Crippen LogP contribution in [0.15, 0.2) is 12.1 Å². The lowest BCUT2D eigenvalue weighted by atomic mass is 10.1. The molecule has 1 aromatic carbocycles. The van der Waals surface area contributed by atoms with Crippen LogP contribution in [0, 0.1) is 13.8 Å². The Labute approximate surface area is 160 Å². The molecule has 7 nitrogen and oxygen atoms in total. The summed E-state index contributed by atoms with van der Waals surface area (Å²) in [5, 5.41) is 0. The van der Waals surface area contributed by atoms with E-state index >= 15 is 0 Å². The van der Waals surface area contributed by atoms with Gasteiger partial charge in [0.05, 0.1) is 5.69 Å². The minimum absolute atomic E-state index is 0.194. The summed E-state index contributed by atoms with van der Waals surface area (Å²) in [5.74, 6) is -0.315. The molecular weight excluding hydrogens is 350 g/mol. The Morgan fingerprint density at radius 2 is 1.41 bits per heavy atom. The van der Waals surface area contributed by atoms with Gasteiger partial charge >= 0.3 is 12.2 Å². The molecule has 0 saturated heterocycles. The number of carbonyl (C=O) groups excluding carboxylic acids is 3. The molecule has 0 atom stereocenters. The second kappa shape index (κ2) is 7.98. The zero-order valence-corrected chi connectivity index (χ0v) is 17.6. The number of hydrogen-bond donors (Lipinski definition) is 0. The molecule has 7 heteroatoms. The molecule has 0 spiro atoms. The average Bonchev–Trinajstić information content (AvgIpc) is 2.41. The van der Waals surface area contributed by atoms with Gasteiger partial charge in [0, 0.05) is 12.5 Å². The number of aryl methyl sites for hydroxylation is 1. The fourth-order valence-corrected chi connectivity index (χ4v) is 2.32. The molecule has 0 bridgehead atoms. The van der Waals surface area contributed by atoms with Gasteiger partial charge in [-0.2, -0.15) is 0 Å². The Hall–Kier alpha value is -2.57. The molecular formula is C20H29NO6. The first-order valence-corrected chi connectivity index (χ1v) is 8.67. The molecule has 0 aliphatic carbocycles. The van der Waals surface area contributed by atoms with Gasteiger partial charge in [0.25, 0.3) is 0 Å². The molecule has 0 aliphatic heterocycles.